The van der Waals surface area contributed by atoms with Gasteiger partial charge in [-0.15, -0.1) is 0 Å². The quantitative estimate of drug-likeness (QED) is 0.799. The number of aromatic hydroxyl groups is 2. The van der Waals surface area contributed by atoms with Crippen LogP contribution in [0.1, 0.15) is 16.7 Å². The van der Waals surface area contributed by atoms with Crippen molar-refractivity contribution < 1.29 is 14.9 Å². The summed E-state index contributed by atoms with van der Waals surface area (Å²) < 4.78 is 5.39. The molecule has 0 bridgehead atoms. The lowest BCUT2D eigenvalue weighted by molar-refractivity contribution is 0.409. The molecular formula is C16H19NO3. The Hall–Kier alpha value is -2.36. The Morgan fingerprint density at radius 1 is 1.10 bits per heavy atom. The van der Waals surface area contributed by atoms with E-state index in [2.05, 4.69) is 5.32 Å². The number of nitrogens with one attached hydrogen (secondary N) is 1. The van der Waals surface area contributed by atoms with Gasteiger partial charge in [-0.05, 0) is 37.6 Å². The number of phenols is 2. The highest BCUT2D eigenvalue weighted by Crippen LogP contribution is 2.30. The average Bonchev–Trinajstić information content (AvgIpc) is 2.40. The summed E-state index contributed by atoms with van der Waals surface area (Å²) >= 11 is 0. The molecule has 0 atom stereocenters. The third-order valence-electron chi connectivity index (χ3n) is 3.35. The molecule has 0 heterocycles. The van der Waals surface area contributed by atoms with Gasteiger partial charge in [-0.2, -0.15) is 0 Å². The Balaban J connectivity index is 2.19. The van der Waals surface area contributed by atoms with Gasteiger partial charge in [0.05, 0.1) is 7.11 Å². The van der Waals surface area contributed by atoms with Crippen molar-refractivity contribution >= 4 is 5.69 Å². The van der Waals surface area contributed by atoms with Gasteiger partial charge >= 0.3 is 0 Å². The predicted molar refractivity (Wildman–Crippen MR) is 79.6 cm³/mol. The molecule has 2 aromatic carbocycles. The van der Waals surface area contributed by atoms with Crippen molar-refractivity contribution in [3.8, 4) is 17.2 Å². The summed E-state index contributed by atoms with van der Waals surface area (Å²) in [6, 6.07) is 8.56. The van der Waals surface area contributed by atoms with Gasteiger partial charge in [-0.3, -0.25) is 0 Å². The van der Waals surface area contributed by atoms with E-state index in [0.29, 0.717) is 6.54 Å². The summed E-state index contributed by atoms with van der Waals surface area (Å²) in [6.45, 7) is 4.46. The van der Waals surface area contributed by atoms with Gasteiger partial charge in [-0.25, -0.2) is 0 Å². The van der Waals surface area contributed by atoms with Crippen molar-refractivity contribution in [2.75, 3.05) is 12.4 Å². The molecule has 2 aromatic rings. The maximum absolute atomic E-state index is 9.76. The monoisotopic (exact) mass is 273 g/mol. The molecule has 0 saturated heterocycles. The first-order valence-corrected chi connectivity index (χ1v) is 6.42. The molecule has 0 fully saturated rings. The number of aryl methyl sites for hydroxylation is 1. The molecule has 0 aromatic heterocycles. The zero-order valence-electron chi connectivity index (χ0n) is 11.9. The Kier molecular flexibility index (Phi) is 4.03. The first-order valence-electron chi connectivity index (χ1n) is 6.42. The van der Waals surface area contributed by atoms with Gasteiger partial charge in [0.2, 0.25) is 0 Å². The van der Waals surface area contributed by atoms with Crippen LogP contribution in [0.5, 0.6) is 17.2 Å². The predicted octanol–water partition coefficient (Wildman–Crippen LogP) is 3.34. The maximum atomic E-state index is 9.76. The van der Waals surface area contributed by atoms with Crippen LogP contribution in [0.15, 0.2) is 30.3 Å². The first kappa shape index (κ1) is 14.1. The van der Waals surface area contributed by atoms with Gasteiger partial charge in [0.1, 0.15) is 17.2 Å². The number of methoxy groups -OCH3 is 1. The molecule has 106 valence electrons. The molecule has 0 saturated carbocycles. The van der Waals surface area contributed by atoms with Crippen LogP contribution >= 0.6 is 0 Å². The second kappa shape index (κ2) is 5.74. The highest BCUT2D eigenvalue weighted by Gasteiger charge is 2.08. The highest BCUT2D eigenvalue weighted by molar-refractivity contribution is 5.60. The molecule has 0 aliphatic heterocycles. The zero-order valence-corrected chi connectivity index (χ0v) is 11.9. The Morgan fingerprint density at radius 3 is 2.50 bits per heavy atom. The number of ether oxygens (including phenoxy) is 1. The second-order valence-electron chi connectivity index (χ2n) is 4.75. The molecule has 0 spiro atoms. The van der Waals surface area contributed by atoms with Crippen molar-refractivity contribution in [3.63, 3.8) is 0 Å². The number of hydrogen-bond acceptors (Lipinski definition) is 4. The molecule has 2 rings (SSSR count). The SMILES string of the molecule is COc1c(C)ccc(NCc2ccc(O)cc2O)c1C. The van der Waals surface area contributed by atoms with Gasteiger partial charge < -0.3 is 20.3 Å². The van der Waals surface area contributed by atoms with E-state index < -0.39 is 0 Å². The van der Waals surface area contributed by atoms with Gasteiger partial charge in [0, 0.05) is 29.4 Å². The van der Waals surface area contributed by atoms with Crippen LogP contribution in [-0.2, 0) is 6.54 Å². The summed E-state index contributed by atoms with van der Waals surface area (Å²) in [7, 11) is 1.66. The molecule has 0 unspecified atom stereocenters. The second-order valence-corrected chi connectivity index (χ2v) is 4.75. The number of benzene rings is 2. The standard InChI is InChI=1S/C16H19NO3/c1-10-4-7-14(11(2)16(10)20-3)17-9-12-5-6-13(18)8-15(12)19/h4-8,17-19H,9H2,1-3H3. The van der Waals surface area contributed by atoms with E-state index in [1.165, 1.54) is 6.07 Å². The van der Waals surface area contributed by atoms with Crippen LogP contribution in [0.25, 0.3) is 0 Å². The van der Waals surface area contributed by atoms with Gasteiger partial charge in [0.15, 0.2) is 0 Å². The van der Waals surface area contributed by atoms with E-state index in [0.717, 1.165) is 28.1 Å². The summed E-state index contributed by atoms with van der Waals surface area (Å²) in [5.74, 6) is 0.999. The molecule has 4 heteroatoms. The minimum absolute atomic E-state index is 0.0550. The van der Waals surface area contributed by atoms with E-state index in [-0.39, 0.29) is 11.5 Å². The van der Waals surface area contributed by atoms with Crippen molar-refractivity contribution in [1.82, 2.24) is 0 Å². The van der Waals surface area contributed by atoms with E-state index in [1.807, 2.05) is 26.0 Å². The Labute approximate surface area is 118 Å². The van der Waals surface area contributed by atoms with Crippen molar-refractivity contribution in [1.29, 1.82) is 0 Å². The van der Waals surface area contributed by atoms with Gasteiger partial charge in [0.25, 0.3) is 0 Å². The normalized spacial score (nSPS) is 10.3. The number of anilines is 1. The van der Waals surface area contributed by atoms with Gasteiger partial charge in [-0.1, -0.05) is 6.07 Å². The molecule has 3 N–H and O–H groups in total. The smallest absolute Gasteiger partial charge is 0.126 e. The van der Waals surface area contributed by atoms with E-state index in [4.69, 9.17) is 4.74 Å². The summed E-state index contributed by atoms with van der Waals surface area (Å²) in [5, 5.41) is 22.3. The molecule has 0 radical (unpaired) electrons. The average molecular weight is 273 g/mol. The summed E-state index contributed by atoms with van der Waals surface area (Å²) in [4.78, 5) is 0. The van der Waals surface area contributed by atoms with Crippen LogP contribution in [0.2, 0.25) is 0 Å². The van der Waals surface area contributed by atoms with Crippen LogP contribution in [-0.4, -0.2) is 17.3 Å². The summed E-state index contributed by atoms with van der Waals surface area (Å²) in [5.41, 5.74) is 3.80. The summed E-state index contributed by atoms with van der Waals surface area (Å²) in [6.07, 6.45) is 0. The van der Waals surface area contributed by atoms with Crippen LogP contribution in [0.3, 0.4) is 0 Å². The molecule has 20 heavy (non-hydrogen) atoms. The van der Waals surface area contributed by atoms with Crippen molar-refractivity contribution in [2.24, 2.45) is 0 Å². The van der Waals surface area contributed by atoms with E-state index in [9.17, 15) is 10.2 Å². The highest BCUT2D eigenvalue weighted by atomic mass is 16.5. The third kappa shape index (κ3) is 2.79. The largest absolute Gasteiger partial charge is 0.508 e. The zero-order chi connectivity index (χ0) is 14.7. The number of hydrogen-bond donors (Lipinski definition) is 3. The molecule has 0 aliphatic carbocycles. The maximum Gasteiger partial charge on any atom is 0.126 e. The van der Waals surface area contributed by atoms with Crippen LogP contribution in [0, 0.1) is 13.8 Å². The van der Waals surface area contributed by atoms with Crippen LogP contribution in [0.4, 0.5) is 5.69 Å². The fourth-order valence-electron chi connectivity index (χ4n) is 2.22. The number of phenolic OH excluding ortho intramolecular Hbond substituents is 2. The van der Waals surface area contributed by atoms with E-state index >= 15 is 0 Å². The molecule has 0 aliphatic rings. The van der Waals surface area contributed by atoms with E-state index in [1.54, 1.807) is 19.2 Å². The fourth-order valence-corrected chi connectivity index (χ4v) is 2.22. The minimum atomic E-state index is 0.0550. The lowest BCUT2D eigenvalue weighted by atomic mass is 10.1. The lowest BCUT2D eigenvalue weighted by Crippen LogP contribution is -2.03. The minimum Gasteiger partial charge on any atom is -0.508 e. The molecular weight excluding hydrogens is 254 g/mol. The third-order valence-corrected chi connectivity index (χ3v) is 3.35. The fraction of sp³-hybridized carbons (Fsp3) is 0.250. The Bertz CT molecular complexity index is 623. The first-order chi connectivity index (χ1) is 9.52. The molecule has 4 nitrogen and oxygen atoms in total. The molecule has 0 amide bonds. The lowest BCUT2D eigenvalue weighted by Gasteiger charge is -2.15. The topological polar surface area (TPSA) is 61.7 Å². The van der Waals surface area contributed by atoms with Crippen molar-refractivity contribution in [3.05, 3.63) is 47.0 Å². The number of rotatable bonds is 4. The van der Waals surface area contributed by atoms with Crippen molar-refractivity contribution in [2.45, 2.75) is 20.4 Å². The Morgan fingerprint density at radius 2 is 1.85 bits per heavy atom. The van der Waals surface area contributed by atoms with Crippen LogP contribution < -0.4 is 10.1 Å².